The van der Waals surface area contributed by atoms with Crippen molar-refractivity contribution in [2.45, 2.75) is 41.5 Å². The van der Waals surface area contributed by atoms with Crippen molar-refractivity contribution >= 4 is 34.0 Å². The van der Waals surface area contributed by atoms with Crippen molar-refractivity contribution in [2.75, 3.05) is 11.9 Å². The molecule has 0 aliphatic carbocycles. The van der Waals surface area contributed by atoms with Gasteiger partial charge < -0.3 is 10.1 Å². The van der Waals surface area contributed by atoms with Crippen LogP contribution < -0.4 is 5.32 Å². The fourth-order valence-electron chi connectivity index (χ4n) is 1.68. The highest BCUT2D eigenvalue weighted by Crippen LogP contribution is 2.35. The number of anilines is 1. The molecule has 0 fully saturated rings. The monoisotopic (exact) mass is 311 g/mol. The van der Waals surface area contributed by atoms with Crippen molar-refractivity contribution < 1.29 is 19.1 Å². The number of ketones is 1. The minimum atomic E-state index is -0.597. The molecule has 0 aliphatic heterocycles. The lowest BCUT2D eigenvalue weighted by Crippen LogP contribution is -2.28. The number of nitrogens with one attached hydrogen (secondary N) is 1. The summed E-state index contributed by atoms with van der Waals surface area (Å²) in [5, 5.41) is 3.10. The summed E-state index contributed by atoms with van der Waals surface area (Å²) in [7, 11) is 0. The minimum Gasteiger partial charge on any atom is -0.462 e. The predicted octanol–water partition coefficient (Wildman–Crippen LogP) is 3.42. The SMILES string of the molecule is CCOC(=O)c1c(NC(=O)C(C)(C)C)sc(C(C)=O)c1C. The van der Waals surface area contributed by atoms with Gasteiger partial charge in [0.15, 0.2) is 5.78 Å². The van der Waals surface area contributed by atoms with Gasteiger partial charge in [0.1, 0.15) is 5.00 Å². The zero-order valence-electron chi connectivity index (χ0n) is 13.2. The Labute approximate surface area is 128 Å². The molecule has 1 aromatic rings. The molecule has 0 spiro atoms. The molecule has 0 saturated carbocycles. The van der Waals surface area contributed by atoms with Crippen molar-refractivity contribution in [1.29, 1.82) is 0 Å². The smallest absolute Gasteiger partial charge is 0.341 e. The largest absolute Gasteiger partial charge is 0.462 e. The third-order valence-electron chi connectivity index (χ3n) is 2.85. The van der Waals surface area contributed by atoms with Gasteiger partial charge in [0, 0.05) is 5.41 Å². The lowest BCUT2D eigenvalue weighted by Gasteiger charge is -2.17. The van der Waals surface area contributed by atoms with Gasteiger partial charge in [-0.25, -0.2) is 4.79 Å². The Morgan fingerprint density at radius 2 is 1.81 bits per heavy atom. The van der Waals surface area contributed by atoms with E-state index in [0.29, 0.717) is 15.4 Å². The maximum Gasteiger partial charge on any atom is 0.341 e. The first kappa shape index (κ1) is 17.4. The summed E-state index contributed by atoms with van der Waals surface area (Å²) in [4.78, 5) is 36.3. The van der Waals surface area contributed by atoms with E-state index in [1.165, 1.54) is 6.92 Å². The molecule has 1 amide bonds. The summed E-state index contributed by atoms with van der Waals surface area (Å²) < 4.78 is 5.01. The second kappa shape index (κ2) is 6.39. The molecule has 21 heavy (non-hydrogen) atoms. The number of carbonyl (C=O) groups excluding carboxylic acids is 3. The summed E-state index contributed by atoms with van der Waals surface area (Å²) in [5.41, 5.74) is 0.222. The van der Waals surface area contributed by atoms with E-state index in [2.05, 4.69) is 5.32 Å². The Bertz CT molecular complexity index is 581. The molecule has 6 heteroatoms. The molecule has 0 aliphatic rings. The van der Waals surface area contributed by atoms with E-state index in [0.717, 1.165) is 11.3 Å². The summed E-state index contributed by atoms with van der Waals surface area (Å²) in [6.07, 6.45) is 0. The highest BCUT2D eigenvalue weighted by molar-refractivity contribution is 7.18. The number of carbonyl (C=O) groups is 3. The van der Waals surface area contributed by atoms with Gasteiger partial charge >= 0.3 is 5.97 Å². The van der Waals surface area contributed by atoms with Gasteiger partial charge in [-0.3, -0.25) is 9.59 Å². The molecule has 1 rings (SSSR count). The molecule has 0 bridgehead atoms. The minimum absolute atomic E-state index is 0.140. The lowest BCUT2D eigenvalue weighted by atomic mass is 9.96. The van der Waals surface area contributed by atoms with Gasteiger partial charge in [-0.05, 0) is 26.3 Å². The Kier molecular flexibility index (Phi) is 5.28. The van der Waals surface area contributed by atoms with Crippen LogP contribution in [0.2, 0.25) is 0 Å². The van der Waals surface area contributed by atoms with Crippen LogP contribution in [0.15, 0.2) is 0 Å². The average Bonchev–Trinajstić information content (AvgIpc) is 2.65. The predicted molar refractivity (Wildman–Crippen MR) is 83.1 cm³/mol. The molecule has 1 N–H and O–H groups in total. The van der Waals surface area contributed by atoms with Crippen LogP contribution in [-0.2, 0) is 9.53 Å². The summed E-state index contributed by atoms with van der Waals surface area (Å²) in [6.45, 7) is 10.4. The van der Waals surface area contributed by atoms with Gasteiger partial charge in [-0.2, -0.15) is 0 Å². The van der Waals surface area contributed by atoms with Crippen LogP contribution in [-0.4, -0.2) is 24.3 Å². The van der Waals surface area contributed by atoms with E-state index in [1.54, 1.807) is 34.6 Å². The summed E-state index contributed by atoms with van der Waals surface area (Å²) >= 11 is 1.11. The molecule has 1 aromatic heterocycles. The van der Waals surface area contributed by atoms with Gasteiger partial charge in [-0.15, -0.1) is 11.3 Å². The van der Waals surface area contributed by atoms with Crippen LogP contribution in [0.3, 0.4) is 0 Å². The number of esters is 1. The lowest BCUT2D eigenvalue weighted by molar-refractivity contribution is -0.123. The first-order valence-corrected chi connectivity index (χ1v) is 7.54. The standard InChI is InChI=1S/C15H21NO4S/c1-7-20-13(18)10-8(2)11(9(3)17)21-12(10)16-14(19)15(4,5)6/h7H2,1-6H3,(H,16,19). The van der Waals surface area contributed by atoms with E-state index >= 15 is 0 Å². The number of hydrogen-bond acceptors (Lipinski definition) is 5. The number of rotatable bonds is 4. The molecule has 0 saturated heterocycles. The second-order valence-corrected chi connectivity index (χ2v) is 6.76. The fraction of sp³-hybridized carbons (Fsp3) is 0.533. The Balaban J connectivity index is 3.30. The van der Waals surface area contributed by atoms with E-state index < -0.39 is 11.4 Å². The van der Waals surface area contributed by atoms with Crippen molar-refractivity contribution in [1.82, 2.24) is 0 Å². The third kappa shape index (κ3) is 3.91. The van der Waals surface area contributed by atoms with E-state index in [4.69, 9.17) is 4.74 Å². The molecular weight excluding hydrogens is 290 g/mol. The Morgan fingerprint density at radius 3 is 2.24 bits per heavy atom. The van der Waals surface area contributed by atoms with Gasteiger partial charge in [0.2, 0.25) is 5.91 Å². The maximum absolute atomic E-state index is 12.1. The van der Waals surface area contributed by atoms with Gasteiger partial charge in [0.05, 0.1) is 17.0 Å². The van der Waals surface area contributed by atoms with Crippen LogP contribution in [0.5, 0.6) is 0 Å². The molecule has 1 heterocycles. The van der Waals surface area contributed by atoms with E-state index in [-0.39, 0.29) is 23.9 Å². The van der Waals surface area contributed by atoms with Crippen LogP contribution in [0, 0.1) is 12.3 Å². The number of thiophene rings is 1. The first-order chi connectivity index (χ1) is 9.59. The molecule has 0 aromatic carbocycles. The number of amides is 1. The number of Topliss-reactive ketones (excluding diaryl/α,β-unsaturated/α-hetero) is 1. The van der Waals surface area contributed by atoms with Crippen LogP contribution >= 0.6 is 11.3 Å². The average molecular weight is 311 g/mol. The third-order valence-corrected chi connectivity index (χ3v) is 4.16. The van der Waals surface area contributed by atoms with Crippen LogP contribution in [0.4, 0.5) is 5.00 Å². The molecule has 116 valence electrons. The quantitative estimate of drug-likeness (QED) is 0.683. The highest BCUT2D eigenvalue weighted by atomic mass is 32.1. The number of hydrogen-bond donors (Lipinski definition) is 1. The van der Waals surface area contributed by atoms with Crippen molar-refractivity contribution in [2.24, 2.45) is 5.41 Å². The summed E-state index contributed by atoms with van der Waals surface area (Å²) in [6, 6.07) is 0. The van der Waals surface area contributed by atoms with Crippen molar-refractivity contribution in [3.8, 4) is 0 Å². The zero-order chi connectivity index (χ0) is 16.4. The zero-order valence-corrected chi connectivity index (χ0v) is 14.1. The molecular formula is C15H21NO4S. The topological polar surface area (TPSA) is 72.5 Å². The molecule has 0 atom stereocenters. The molecule has 5 nitrogen and oxygen atoms in total. The first-order valence-electron chi connectivity index (χ1n) is 6.72. The molecule has 0 radical (unpaired) electrons. The van der Waals surface area contributed by atoms with E-state index in [9.17, 15) is 14.4 Å². The van der Waals surface area contributed by atoms with Gasteiger partial charge in [0.25, 0.3) is 0 Å². The Hall–Kier alpha value is -1.69. The normalized spacial score (nSPS) is 11.1. The number of ether oxygens (including phenoxy) is 1. The van der Waals surface area contributed by atoms with E-state index in [1.807, 2.05) is 0 Å². The van der Waals surface area contributed by atoms with Crippen LogP contribution in [0.1, 0.15) is 60.2 Å². The fourth-order valence-corrected chi connectivity index (χ4v) is 2.76. The summed E-state index contributed by atoms with van der Waals surface area (Å²) in [5.74, 6) is -0.883. The van der Waals surface area contributed by atoms with Crippen LogP contribution in [0.25, 0.3) is 0 Å². The highest BCUT2D eigenvalue weighted by Gasteiger charge is 2.28. The maximum atomic E-state index is 12.1. The van der Waals surface area contributed by atoms with Crippen molar-refractivity contribution in [3.63, 3.8) is 0 Å². The second-order valence-electron chi connectivity index (χ2n) is 5.74. The van der Waals surface area contributed by atoms with Crippen molar-refractivity contribution in [3.05, 3.63) is 16.0 Å². The molecule has 0 unspecified atom stereocenters. The van der Waals surface area contributed by atoms with Gasteiger partial charge in [-0.1, -0.05) is 20.8 Å². The Morgan fingerprint density at radius 1 is 1.24 bits per heavy atom.